The lowest BCUT2D eigenvalue weighted by atomic mass is 10.0. The number of carboxylic acid groups (broad SMARTS) is 1. The van der Waals surface area contributed by atoms with Crippen molar-refractivity contribution in [2.75, 3.05) is 0 Å². The number of allylic oxidation sites excluding steroid dienone is 8. The molecule has 5 heteroatoms. The molecule has 0 aliphatic heterocycles. The molecule has 0 aromatic carbocycles. The van der Waals surface area contributed by atoms with Gasteiger partial charge in [0, 0.05) is 12.5 Å². The van der Waals surface area contributed by atoms with Crippen LogP contribution < -0.4 is 0 Å². The van der Waals surface area contributed by atoms with Gasteiger partial charge in [0.1, 0.15) is 0 Å². The van der Waals surface area contributed by atoms with Crippen LogP contribution in [-0.4, -0.2) is 44.7 Å². The number of hydrogen-bond acceptors (Lipinski definition) is 4. The summed E-state index contributed by atoms with van der Waals surface area (Å²) < 4.78 is 0. The molecule has 5 nitrogen and oxygen atoms in total. The van der Waals surface area contributed by atoms with E-state index >= 15 is 0 Å². The van der Waals surface area contributed by atoms with Crippen LogP contribution in [0.15, 0.2) is 59.3 Å². The number of rotatable bonds is 9. The lowest BCUT2D eigenvalue weighted by Crippen LogP contribution is -2.27. The molecule has 0 fully saturated rings. The van der Waals surface area contributed by atoms with Gasteiger partial charge in [0.15, 0.2) is 0 Å². The van der Waals surface area contributed by atoms with Crippen LogP contribution in [0.5, 0.6) is 0 Å². The zero-order valence-electron chi connectivity index (χ0n) is 14.7. The Balaban J connectivity index is 4.74. The lowest BCUT2D eigenvalue weighted by molar-refractivity contribution is -0.131. The van der Waals surface area contributed by atoms with Crippen molar-refractivity contribution in [2.24, 2.45) is 0 Å². The molecule has 0 aromatic rings. The van der Waals surface area contributed by atoms with Crippen LogP contribution in [0.4, 0.5) is 0 Å². The van der Waals surface area contributed by atoms with Gasteiger partial charge in [-0.1, -0.05) is 53.2 Å². The van der Waals surface area contributed by atoms with Crippen LogP contribution >= 0.6 is 0 Å². The SMILES string of the molecule is CC(=C\C=C\C(C)=C\[C@H](O)[C@@H](O)C[C@@H](C)O)/C=C(C)/C=C/C(=O)O. The summed E-state index contributed by atoms with van der Waals surface area (Å²) in [7, 11) is 0. The molecule has 0 heterocycles. The minimum absolute atomic E-state index is 0.113. The van der Waals surface area contributed by atoms with Gasteiger partial charge in [-0.05, 0) is 27.7 Å². The number of aliphatic hydroxyl groups is 3. The molecule has 0 spiro atoms. The fourth-order valence-corrected chi connectivity index (χ4v) is 1.93. The number of aliphatic carboxylic acids is 1. The second kappa shape index (κ2) is 11.6. The Morgan fingerprint density at radius 3 is 2.12 bits per heavy atom. The molecule has 0 radical (unpaired) electrons. The minimum Gasteiger partial charge on any atom is -0.478 e. The molecule has 0 unspecified atom stereocenters. The van der Waals surface area contributed by atoms with E-state index in [1.54, 1.807) is 26.0 Å². The van der Waals surface area contributed by atoms with Crippen LogP contribution in [-0.2, 0) is 4.79 Å². The molecule has 0 saturated carbocycles. The van der Waals surface area contributed by atoms with E-state index in [1.807, 2.05) is 26.0 Å². The highest BCUT2D eigenvalue weighted by Crippen LogP contribution is 2.08. The Morgan fingerprint density at radius 2 is 1.58 bits per heavy atom. The van der Waals surface area contributed by atoms with E-state index in [1.165, 1.54) is 12.2 Å². The Labute approximate surface area is 143 Å². The van der Waals surface area contributed by atoms with Gasteiger partial charge in [0.25, 0.3) is 0 Å². The predicted octanol–water partition coefficient (Wildman–Crippen LogP) is 2.51. The summed E-state index contributed by atoms with van der Waals surface area (Å²) in [5, 5.41) is 37.3. The van der Waals surface area contributed by atoms with Crippen molar-refractivity contribution in [2.45, 2.75) is 52.4 Å². The Kier molecular flexibility index (Phi) is 10.6. The quantitative estimate of drug-likeness (QED) is 0.383. The van der Waals surface area contributed by atoms with E-state index in [0.29, 0.717) is 0 Å². The van der Waals surface area contributed by atoms with Crippen molar-refractivity contribution in [3.05, 3.63) is 59.3 Å². The Morgan fingerprint density at radius 1 is 0.958 bits per heavy atom. The molecule has 3 atom stereocenters. The summed E-state index contributed by atoms with van der Waals surface area (Å²) in [5.41, 5.74) is 2.55. The van der Waals surface area contributed by atoms with Crippen molar-refractivity contribution in [3.63, 3.8) is 0 Å². The highest BCUT2D eigenvalue weighted by molar-refractivity contribution is 5.80. The third-order valence-corrected chi connectivity index (χ3v) is 3.07. The minimum atomic E-state index is -1.03. The molecule has 134 valence electrons. The van der Waals surface area contributed by atoms with Crippen molar-refractivity contribution in [3.8, 4) is 0 Å². The van der Waals surface area contributed by atoms with E-state index in [-0.39, 0.29) is 6.42 Å². The highest BCUT2D eigenvalue weighted by atomic mass is 16.4. The second-order valence-electron chi connectivity index (χ2n) is 5.88. The summed E-state index contributed by atoms with van der Waals surface area (Å²) in [5.74, 6) is -0.985. The molecule has 4 N–H and O–H groups in total. The van der Waals surface area contributed by atoms with E-state index in [2.05, 4.69) is 0 Å². The van der Waals surface area contributed by atoms with Gasteiger partial charge >= 0.3 is 5.97 Å². The highest BCUT2D eigenvalue weighted by Gasteiger charge is 2.15. The fraction of sp³-hybridized carbons (Fsp3) is 0.421. The maximum absolute atomic E-state index is 10.4. The van der Waals surface area contributed by atoms with E-state index < -0.39 is 24.3 Å². The lowest BCUT2D eigenvalue weighted by Gasteiger charge is -2.16. The van der Waals surface area contributed by atoms with Crippen LogP contribution in [0.3, 0.4) is 0 Å². The summed E-state index contributed by atoms with van der Waals surface area (Å²) in [6.45, 7) is 7.06. The monoisotopic (exact) mass is 336 g/mol. The summed E-state index contributed by atoms with van der Waals surface area (Å²) in [6.07, 6.45) is 8.85. The van der Waals surface area contributed by atoms with E-state index in [9.17, 15) is 20.1 Å². The fourth-order valence-electron chi connectivity index (χ4n) is 1.93. The second-order valence-corrected chi connectivity index (χ2v) is 5.88. The molecule has 0 bridgehead atoms. The zero-order chi connectivity index (χ0) is 18.7. The standard InChI is InChI=1S/C19H28O5/c1-13(10-15(3)8-9-19(23)24)6-5-7-14(2)11-17(21)18(22)12-16(4)20/h5-11,16-18,20-22H,12H2,1-4H3,(H,23,24)/b7-5+,9-8+,13-6+,14-11+,15-10+/t16-,17+,18+/m1/s1. The van der Waals surface area contributed by atoms with E-state index in [0.717, 1.165) is 22.8 Å². The molecule has 0 aromatic heterocycles. The first kappa shape index (κ1) is 22.1. The number of carbonyl (C=O) groups is 1. The first-order valence-corrected chi connectivity index (χ1v) is 7.78. The summed E-state index contributed by atoms with van der Waals surface area (Å²) in [4.78, 5) is 10.4. The molecule has 0 aliphatic rings. The summed E-state index contributed by atoms with van der Waals surface area (Å²) in [6, 6.07) is 0. The molecule has 0 amide bonds. The van der Waals surface area contributed by atoms with Crippen LogP contribution in [0, 0.1) is 0 Å². The molecule has 0 rings (SSSR count). The third kappa shape index (κ3) is 11.6. The molecule has 24 heavy (non-hydrogen) atoms. The van der Waals surface area contributed by atoms with Gasteiger partial charge in [-0.2, -0.15) is 0 Å². The molecule has 0 aliphatic carbocycles. The third-order valence-electron chi connectivity index (χ3n) is 3.07. The van der Waals surface area contributed by atoms with Crippen LogP contribution in [0.25, 0.3) is 0 Å². The van der Waals surface area contributed by atoms with Crippen molar-refractivity contribution in [1.82, 2.24) is 0 Å². The summed E-state index contributed by atoms with van der Waals surface area (Å²) >= 11 is 0. The topological polar surface area (TPSA) is 98.0 Å². The largest absolute Gasteiger partial charge is 0.478 e. The number of carboxylic acids is 1. The van der Waals surface area contributed by atoms with Gasteiger partial charge in [0.2, 0.25) is 0 Å². The number of hydrogen-bond donors (Lipinski definition) is 4. The van der Waals surface area contributed by atoms with Gasteiger partial charge < -0.3 is 20.4 Å². The van der Waals surface area contributed by atoms with Crippen LogP contribution in [0.2, 0.25) is 0 Å². The van der Waals surface area contributed by atoms with Gasteiger partial charge in [-0.3, -0.25) is 0 Å². The number of aliphatic hydroxyl groups excluding tert-OH is 3. The smallest absolute Gasteiger partial charge is 0.328 e. The van der Waals surface area contributed by atoms with Crippen molar-refractivity contribution >= 4 is 5.97 Å². The van der Waals surface area contributed by atoms with Gasteiger partial charge in [0.05, 0.1) is 18.3 Å². The first-order valence-electron chi connectivity index (χ1n) is 7.78. The van der Waals surface area contributed by atoms with Crippen molar-refractivity contribution in [1.29, 1.82) is 0 Å². The normalized spacial score (nSPS) is 18.2. The average Bonchev–Trinajstić information content (AvgIpc) is 2.44. The predicted molar refractivity (Wildman–Crippen MR) is 95.5 cm³/mol. The van der Waals surface area contributed by atoms with Crippen molar-refractivity contribution < 1.29 is 25.2 Å². The average molecular weight is 336 g/mol. The van der Waals surface area contributed by atoms with E-state index in [4.69, 9.17) is 5.11 Å². The maximum Gasteiger partial charge on any atom is 0.328 e. The molecular formula is C19H28O5. The van der Waals surface area contributed by atoms with Gasteiger partial charge in [-0.25, -0.2) is 4.79 Å². The Bertz CT molecular complexity index is 550. The zero-order valence-corrected chi connectivity index (χ0v) is 14.7. The molecular weight excluding hydrogens is 308 g/mol. The molecule has 0 saturated heterocycles. The van der Waals surface area contributed by atoms with Gasteiger partial charge in [-0.15, -0.1) is 0 Å². The maximum atomic E-state index is 10.4. The Hall–Kier alpha value is -1.95. The first-order chi connectivity index (χ1) is 11.1. The van der Waals surface area contributed by atoms with Crippen LogP contribution in [0.1, 0.15) is 34.1 Å².